The number of morpholine rings is 1. The average Bonchev–Trinajstić information content (AvgIpc) is 2.96. The molecule has 1 amide bonds. The molecule has 2 aromatic heterocycles. The second kappa shape index (κ2) is 9.67. The molecule has 0 atom stereocenters. The molecule has 0 radical (unpaired) electrons. The van der Waals surface area contributed by atoms with Crippen LogP contribution in [0, 0.1) is 0 Å². The van der Waals surface area contributed by atoms with Crippen molar-refractivity contribution in [3.05, 3.63) is 107 Å². The smallest absolute Gasteiger partial charge is 0.378 e. The minimum atomic E-state index is -4.55. The summed E-state index contributed by atoms with van der Waals surface area (Å²) in [6, 6.07) is 20.5. The summed E-state index contributed by atoms with van der Waals surface area (Å²) in [6.07, 6.45) is -2.94. The molecule has 0 bridgehead atoms. The number of hydrogen-bond acceptors (Lipinski definition) is 4. The fraction of sp³-hybridized carbons (Fsp3) is 0.167. The number of aromatic nitrogens is 2. The third-order valence-corrected chi connectivity index (χ3v) is 6.91. The Morgan fingerprint density at radius 1 is 0.872 bits per heavy atom. The first kappa shape index (κ1) is 24.8. The van der Waals surface area contributed by atoms with Crippen LogP contribution in [0.4, 0.5) is 13.2 Å². The number of hydrogen-bond donors (Lipinski definition) is 0. The first-order valence-corrected chi connectivity index (χ1v) is 12.4. The lowest BCUT2D eigenvalue weighted by molar-refractivity contribution is -0.137. The normalized spacial score (nSPS) is 14.2. The molecule has 6 nitrogen and oxygen atoms in total. The average molecular weight is 530 g/mol. The van der Waals surface area contributed by atoms with E-state index in [0.717, 1.165) is 23.3 Å². The minimum absolute atomic E-state index is 0.0522. The van der Waals surface area contributed by atoms with Gasteiger partial charge in [0, 0.05) is 47.4 Å². The van der Waals surface area contributed by atoms with Crippen LogP contribution in [0.2, 0.25) is 0 Å². The Kier molecular flexibility index (Phi) is 6.15. The van der Waals surface area contributed by atoms with Gasteiger partial charge in [0.1, 0.15) is 0 Å². The highest BCUT2D eigenvalue weighted by Crippen LogP contribution is 2.33. The Balaban J connectivity index is 1.47. The summed E-state index contributed by atoms with van der Waals surface area (Å²) in [5.74, 6) is -0.0522. The van der Waals surface area contributed by atoms with E-state index in [2.05, 4.69) is 4.98 Å². The molecule has 5 aromatic rings. The van der Waals surface area contributed by atoms with Crippen molar-refractivity contribution >= 4 is 27.7 Å². The first-order chi connectivity index (χ1) is 18.8. The van der Waals surface area contributed by atoms with Crippen LogP contribution in [0.3, 0.4) is 0 Å². The molecule has 9 heteroatoms. The van der Waals surface area contributed by atoms with E-state index in [-0.39, 0.29) is 11.6 Å². The van der Waals surface area contributed by atoms with Gasteiger partial charge in [-0.05, 0) is 59.7 Å². The zero-order chi connectivity index (χ0) is 27.1. The number of rotatable bonds is 3. The lowest BCUT2D eigenvalue weighted by Gasteiger charge is -2.26. The van der Waals surface area contributed by atoms with Crippen LogP contribution < -0.4 is 5.56 Å². The lowest BCUT2D eigenvalue weighted by atomic mass is 10.0. The predicted octanol–water partition coefficient (Wildman–Crippen LogP) is 5.70. The van der Waals surface area contributed by atoms with E-state index in [1.807, 2.05) is 30.3 Å². The van der Waals surface area contributed by atoms with Crippen LogP contribution >= 0.6 is 0 Å². The molecule has 0 aliphatic carbocycles. The molecule has 0 N–H and O–H groups in total. The number of amides is 1. The van der Waals surface area contributed by atoms with Crippen LogP contribution in [0.5, 0.6) is 0 Å². The SMILES string of the molecule is O=C(c1ccc(-c2ccc3ncc4ccc(=O)n(-c5cccc(C(F)(F)F)c5)c4c3c2)cc1)N1CCOCC1. The summed E-state index contributed by atoms with van der Waals surface area (Å²) in [5.41, 5.74) is 2.12. The van der Waals surface area contributed by atoms with E-state index in [4.69, 9.17) is 4.74 Å². The van der Waals surface area contributed by atoms with Crippen molar-refractivity contribution in [3.63, 3.8) is 0 Å². The van der Waals surface area contributed by atoms with Gasteiger partial charge in [-0.1, -0.05) is 24.3 Å². The van der Waals surface area contributed by atoms with Crippen molar-refractivity contribution in [1.29, 1.82) is 0 Å². The standard InChI is InChI=1S/C30H22F3N3O3/c31-30(32,33)23-2-1-3-24(17-23)36-27(37)11-9-22-18-34-26-10-8-21(16-25(26)28(22)36)19-4-6-20(7-5-19)29(38)35-12-14-39-15-13-35/h1-11,16-18H,12-15H2. The van der Waals surface area contributed by atoms with E-state index < -0.39 is 17.3 Å². The van der Waals surface area contributed by atoms with Gasteiger partial charge in [0.15, 0.2) is 0 Å². The first-order valence-electron chi connectivity index (χ1n) is 12.4. The fourth-order valence-corrected chi connectivity index (χ4v) is 4.92. The molecule has 3 aromatic carbocycles. The molecule has 3 heterocycles. The van der Waals surface area contributed by atoms with E-state index in [0.29, 0.717) is 53.7 Å². The Hall–Kier alpha value is -4.50. The largest absolute Gasteiger partial charge is 0.416 e. The van der Waals surface area contributed by atoms with Crippen molar-refractivity contribution < 1.29 is 22.7 Å². The molecule has 1 aliphatic rings. The van der Waals surface area contributed by atoms with Gasteiger partial charge in [0.05, 0.1) is 29.8 Å². The van der Waals surface area contributed by atoms with E-state index in [1.165, 1.54) is 22.8 Å². The van der Waals surface area contributed by atoms with Crippen LogP contribution in [-0.2, 0) is 10.9 Å². The highest BCUT2D eigenvalue weighted by Gasteiger charge is 2.30. The van der Waals surface area contributed by atoms with Crippen LogP contribution in [0.25, 0.3) is 38.6 Å². The molecule has 1 aliphatic heterocycles. The highest BCUT2D eigenvalue weighted by molar-refractivity contribution is 6.05. The molecule has 0 saturated carbocycles. The van der Waals surface area contributed by atoms with Gasteiger partial charge < -0.3 is 9.64 Å². The van der Waals surface area contributed by atoms with E-state index in [9.17, 15) is 22.8 Å². The monoisotopic (exact) mass is 529 g/mol. The zero-order valence-electron chi connectivity index (χ0n) is 20.6. The summed E-state index contributed by atoms with van der Waals surface area (Å²) >= 11 is 0. The van der Waals surface area contributed by atoms with Gasteiger partial charge in [-0.2, -0.15) is 13.2 Å². The van der Waals surface area contributed by atoms with Gasteiger partial charge in [-0.3, -0.25) is 19.1 Å². The van der Waals surface area contributed by atoms with Gasteiger partial charge in [0.2, 0.25) is 0 Å². The number of benzene rings is 3. The van der Waals surface area contributed by atoms with Crippen LogP contribution in [0.15, 0.2) is 89.9 Å². The second-order valence-corrected chi connectivity index (χ2v) is 9.33. The number of ether oxygens (including phenoxy) is 1. The Bertz CT molecular complexity index is 1770. The van der Waals surface area contributed by atoms with Crippen molar-refractivity contribution in [2.75, 3.05) is 26.3 Å². The van der Waals surface area contributed by atoms with Gasteiger partial charge >= 0.3 is 6.18 Å². The van der Waals surface area contributed by atoms with Gasteiger partial charge in [0.25, 0.3) is 11.5 Å². The molecule has 6 rings (SSSR count). The molecular formula is C30H22F3N3O3. The third kappa shape index (κ3) is 4.66. The summed E-state index contributed by atoms with van der Waals surface area (Å²) in [5, 5.41) is 1.23. The Morgan fingerprint density at radius 3 is 2.36 bits per heavy atom. The molecule has 0 unspecified atom stereocenters. The summed E-state index contributed by atoms with van der Waals surface area (Å²) in [6.45, 7) is 2.15. The van der Waals surface area contributed by atoms with Crippen LogP contribution in [-0.4, -0.2) is 46.7 Å². The number of carbonyl (C=O) groups is 1. The topological polar surface area (TPSA) is 64.4 Å². The van der Waals surface area contributed by atoms with Crippen molar-refractivity contribution in [3.8, 4) is 16.8 Å². The quantitative estimate of drug-likeness (QED) is 0.282. The maximum Gasteiger partial charge on any atom is 0.416 e. The number of alkyl halides is 3. The molecule has 1 fully saturated rings. The van der Waals surface area contributed by atoms with Gasteiger partial charge in [-0.25, -0.2) is 0 Å². The van der Waals surface area contributed by atoms with Gasteiger partial charge in [-0.15, -0.1) is 0 Å². The predicted molar refractivity (Wildman–Crippen MR) is 142 cm³/mol. The third-order valence-electron chi connectivity index (χ3n) is 6.91. The van der Waals surface area contributed by atoms with Crippen LogP contribution in [0.1, 0.15) is 15.9 Å². The maximum absolute atomic E-state index is 13.4. The summed E-state index contributed by atoms with van der Waals surface area (Å²) < 4.78 is 47.0. The number of carbonyl (C=O) groups excluding carboxylic acids is 1. The number of nitrogens with zero attached hydrogens (tertiary/aromatic N) is 3. The second-order valence-electron chi connectivity index (χ2n) is 9.33. The maximum atomic E-state index is 13.4. The Morgan fingerprint density at radius 2 is 1.62 bits per heavy atom. The molecule has 0 spiro atoms. The summed E-state index contributed by atoms with van der Waals surface area (Å²) in [7, 11) is 0. The highest BCUT2D eigenvalue weighted by atomic mass is 19.4. The van der Waals surface area contributed by atoms with Crippen molar-refractivity contribution in [2.24, 2.45) is 0 Å². The number of fused-ring (bicyclic) bond motifs is 3. The molecule has 39 heavy (non-hydrogen) atoms. The molecule has 1 saturated heterocycles. The zero-order valence-corrected chi connectivity index (χ0v) is 20.6. The summed E-state index contributed by atoms with van der Waals surface area (Å²) in [4.78, 5) is 32.1. The fourth-order valence-electron chi connectivity index (χ4n) is 4.92. The number of pyridine rings is 2. The molecular weight excluding hydrogens is 507 g/mol. The van der Waals surface area contributed by atoms with E-state index >= 15 is 0 Å². The minimum Gasteiger partial charge on any atom is -0.378 e. The lowest BCUT2D eigenvalue weighted by Crippen LogP contribution is -2.40. The number of halogens is 3. The van der Waals surface area contributed by atoms with Crippen molar-refractivity contribution in [2.45, 2.75) is 6.18 Å². The molecule has 196 valence electrons. The van der Waals surface area contributed by atoms with E-state index in [1.54, 1.807) is 29.3 Å². The van der Waals surface area contributed by atoms with Crippen molar-refractivity contribution in [1.82, 2.24) is 14.5 Å². The Labute approximate surface area is 220 Å².